The molecule has 0 aromatic carbocycles. The van der Waals surface area contributed by atoms with Crippen molar-refractivity contribution in [3.63, 3.8) is 0 Å². The van der Waals surface area contributed by atoms with Crippen LogP contribution in [0.15, 0.2) is 11.3 Å². The van der Waals surface area contributed by atoms with E-state index in [9.17, 15) is 9.59 Å². The molecule has 2 aliphatic heterocycles. The van der Waals surface area contributed by atoms with Gasteiger partial charge in [-0.1, -0.05) is 15.9 Å². The van der Waals surface area contributed by atoms with Crippen LogP contribution in [0.5, 0.6) is 0 Å². The molecule has 1 saturated heterocycles. The van der Waals surface area contributed by atoms with Gasteiger partial charge in [-0.3, -0.25) is 9.69 Å². The molecule has 2 aliphatic rings. The molecule has 5 nitrogen and oxygen atoms in total. The normalized spacial score (nSPS) is 28.1. The lowest BCUT2D eigenvalue weighted by molar-refractivity contribution is -0.147. The number of nitrogens with two attached hydrogens (primary N) is 1. The number of thioether (sulfide) groups is 1. The van der Waals surface area contributed by atoms with Gasteiger partial charge >= 0.3 is 5.97 Å². The summed E-state index contributed by atoms with van der Waals surface area (Å²) in [6.07, 6.45) is 0. The predicted molar refractivity (Wildman–Crippen MR) is 66.8 cm³/mol. The molecule has 2 heterocycles. The maximum absolute atomic E-state index is 11.4. The first-order chi connectivity index (χ1) is 7.07. The lowest BCUT2D eigenvalue weighted by Gasteiger charge is -2.47. The van der Waals surface area contributed by atoms with E-state index >= 15 is 0 Å². The Balaban J connectivity index is 0.00000128. The SMILES string of the molecule is Cl.N[C@@H]1C(=O)N2C(C(=O)O)=C(CBr)CS[C@@H]12. The van der Waals surface area contributed by atoms with E-state index in [4.69, 9.17) is 10.8 Å². The molecule has 1 amide bonds. The number of amides is 1. The van der Waals surface area contributed by atoms with E-state index in [0.717, 1.165) is 5.57 Å². The molecule has 8 heteroatoms. The molecule has 0 saturated carbocycles. The average Bonchev–Trinajstić information content (AvgIpc) is 2.25. The molecule has 16 heavy (non-hydrogen) atoms. The third-order valence-corrected chi connectivity index (χ3v) is 4.49. The molecule has 0 aromatic rings. The molecule has 0 unspecified atom stereocenters. The average molecular weight is 330 g/mol. The molecule has 0 aromatic heterocycles. The largest absolute Gasteiger partial charge is 0.477 e. The fraction of sp³-hybridized carbons (Fsp3) is 0.500. The van der Waals surface area contributed by atoms with Gasteiger partial charge in [-0.25, -0.2) is 4.79 Å². The molecular weight excluding hydrogens is 320 g/mol. The molecule has 2 rings (SSSR count). The first-order valence-electron chi connectivity index (χ1n) is 4.29. The summed E-state index contributed by atoms with van der Waals surface area (Å²) >= 11 is 4.73. The highest BCUT2D eigenvalue weighted by molar-refractivity contribution is 9.09. The van der Waals surface area contributed by atoms with Crippen molar-refractivity contribution in [2.75, 3.05) is 11.1 Å². The van der Waals surface area contributed by atoms with Gasteiger partial charge < -0.3 is 10.8 Å². The highest BCUT2D eigenvalue weighted by Crippen LogP contribution is 2.39. The zero-order chi connectivity index (χ0) is 11.2. The molecule has 1 fully saturated rings. The van der Waals surface area contributed by atoms with Crippen LogP contribution < -0.4 is 5.73 Å². The Morgan fingerprint density at radius 2 is 2.31 bits per heavy atom. The zero-order valence-corrected chi connectivity index (χ0v) is 11.3. The minimum absolute atomic E-state index is 0. The number of nitrogens with zero attached hydrogens (tertiary/aromatic N) is 1. The Labute approximate surface area is 111 Å². The fourth-order valence-corrected chi connectivity index (χ4v) is 3.70. The number of halogens is 2. The van der Waals surface area contributed by atoms with Gasteiger partial charge in [-0.05, 0) is 5.57 Å². The minimum Gasteiger partial charge on any atom is -0.477 e. The number of hydrogen-bond acceptors (Lipinski definition) is 4. The number of carboxylic acid groups (broad SMARTS) is 1. The number of fused-ring (bicyclic) bond motifs is 1. The lowest BCUT2D eigenvalue weighted by Crippen LogP contribution is -2.68. The number of β-lactam (4-membered cyclic amide) rings is 1. The van der Waals surface area contributed by atoms with Gasteiger partial charge in [0.15, 0.2) is 0 Å². The zero-order valence-electron chi connectivity index (χ0n) is 8.05. The second kappa shape index (κ2) is 4.95. The van der Waals surface area contributed by atoms with E-state index in [-0.39, 0.29) is 29.4 Å². The van der Waals surface area contributed by atoms with E-state index in [1.807, 2.05) is 0 Å². The molecule has 2 atom stereocenters. The van der Waals surface area contributed by atoms with Crippen LogP contribution in [0.4, 0.5) is 0 Å². The van der Waals surface area contributed by atoms with Gasteiger partial charge in [0.1, 0.15) is 17.1 Å². The summed E-state index contributed by atoms with van der Waals surface area (Å²) < 4.78 is 0. The van der Waals surface area contributed by atoms with Crippen LogP contribution in [-0.2, 0) is 9.59 Å². The van der Waals surface area contributed by atoms with Crippen molar-refractivity contribution < 1.29 is 14.7 Å². The summed E-state index contributed by atoms with van der Waals surface area (Å²) in [6.45, 7) is 0. The second-order valence-corrected chi connectivity index (χ2v) is 4.99. The molecule has 3 N–H and O–H groups in total. The second-order valence-electron chi connectivity index (χ2n) is 3.33. The van der Waals surface area contributed by atoms with E-state index in [1.54, 1.807) is 0 Å². The number of rotatable bonds is 2. The molecule has 90 valence electrons. The third kappa shape index (κ3) is 1.85. The Morgan fingerprint density at radius 1 is 1.69 bits per heavy atom. The number of carbonyl (C=O) groups is 2. The van der Waals surface area contributed by atoms with Crippen LogP contribution in [-0.4, -0.2) is 44.4 Å². The molecule has 0 bridgehead atoms. The van der Waals surface area contributed by atoms with Crippen LogP contribution in [0.2, 0.25) is 0 Å². The van der Waals surface area contributed by atoms with Gasteiger partial charge in [0, 0.05) is 11.1 Å². The quantitative estimate of drug-likeness (QED) is 0.565. The Bertz CT molecular complexity index is 376. The maximum Gasteiger partial charge on any atom is 0.352 e. The topological polar surface area (TPSA) is 83.6 Å². The molecule has 0 spiro atoms. The molecule has 0 radical (unpaired) electrons. The van der Waals surface area contributed by atoms with E-state index in [0.29, 0.717) is 11.1 Å². The number of alkyl halides is 1. The van der Waals surface area contributed by atoms with Gasteiger partial charge in [0.05, 0.1) is 0 Å². The van der Waals surface area contributed by atoms with Crippen LogP contribution in [0, 0.1) is 0 Å². The van der Waals surface area contributed by atoms with Crippen molar-refractivity contribution >= 4 is 52.0 Å². The number of carbonyl (C=O) groups excluding carboxylic acids is 1. The number of carboxylic acids is 1. The van der Waals surface area contributed by atoms with Crippen LogP contribution in [0.3, 0.4) is 0 Å². The summed E-state index contributed by atoms with van der Waals surface area (Å²) in [5, 5.41) is 9.31. The highest BCUT2D eigenvalue weighted by atomic mass is 79.9. The fourth-order valence-electron chi connectivity index (χ4n) is 1.68. The van der Waals surface area contributed by atoms with Crippen LogP contribution >= 0.6 is 40.1 Å². The van der Waals surface area contributed by atoms with Gasteiger partial charge in [-0.2, -0.15) is 0 Å². The summed E-state index contributed by atoms with van der Waals surface area (Å²) in [5.41, 5.74) is 6.41. The third-order valence-electron chi connectivity index (χ3n) is 2.45. The monoisotopic (exact) mass is 328 g/mol. The lowest BCUT2D eigenvalue weighted by atomic mass is 10.0. The van der Waals surface area contributed by atoms with Crippen molar-refractivity contribution in [1.82, 2.24) is 4.90 Å². The van der Waals surface area contributed by atoms with Gasteiger partial charge in [0.2, 0.25) is 5.91 Å². The number of aliphatic carboxylic acids is 1. The molecule has 0 aliphatic carbocycles. The van der Waals surface area contributed by atoms with Crippen LogP contribution in [0.25, 0.3) is 0 Å². The van der Waals surface area contributed by atoms with Crippen molar-refractivity contribution in [2.24, 2.45) is 5.73 Å². The number of hydrogen-bond donors (Lipinski definition) is 2. The van der Waals surface area contributed by atoms with Gasteiger partial charge in [0.25, 0.3) is 0 Å². The predicted octanol–water partition coefficient (Wildman–Crippen LogP) is 0.384. The smallest absolute Gasteiger partial charge is 0.352 e. The first-order valence-corrected chi connectivity index (χ1v) is 6.46. The Kier molecular flexibility index (Phi) is 4.28. The van der Waals surface area contributed by atoms with E-state index in [2.05, 4.69) is 15.9 Å². The summed E-state index contributed by atoms with van der Waals surface area (Å²) in [4.78, 5) is 23.8. The summed E-state index contributed by atoms with van der Waals surface area (Å²) in [7, 11) is 0. The highest BCUT2D eigenvalue weighted by Gasteiger charge is 2.51. The first kappa shape index (κ1) is 13.8. The van der Waals surface area contributed by atoms with Gasteiger partial charge in [-0.15, -0.1) is 24.2 Å². The Hall–Kier alpha value is -0.240. The summed E-state index contributed by atoms with van der Waals surface area (Å²) in [5.74, 6) is -0.757. The van der Waals surface area contributed by atoms with Crippen molar-refractivity contribution in [1.29, 1.82) is 0 Å². The maximum atomic E-state index is 11.4. The Morgan fingerprint density at radius 3 is 2.81 bits per heavy atom. The summed E-state index contributed by atoms with van der Waals surface area (Å²) in [6, 6.07) is -0.554. The standard InChI is InChI=1S/C8H9BrN2O3S.ClH/c9-1-3-2-15-7-4(10)6(12)11(7)5(3)8(13)14;/h4,7H,1-2,10H2,(H,13,14);1H/t4-,7+;/m1./s1. The van der Waals surface area contributed by atoms with E-state index < -0.39 is 12.0 Å². The van der Waals surface area contributed by atoms with E-state index in [1.165, 1.54) is 16.7 Å². The van der Waals surface area contributed by atoms with Crippen molar-refractivity contribution in [3.05, 3.63) is 11.3 Å². The van der Waals surface area contributed by atoms with Crippen molar-refractivity contribution in [2.45, 2.75) is 11.4 Å². The van der Waals surface area contributed by atoms with Crippen LogP contribution in [0.1, 0.15) is 0 Å². The van der Waals surface area contributed by atoms with Crippen molar-refractivity contribution in [3.8, 4) is 0 Å². The minimum atomic E-state index is -1.06. The molecular formula is C8H10BrClN2O3S.